The first-order chi connectivity index (χ1) is 27.3. The minimum absolute atomic E-state index is 0.193. The van der Waals surface area contributed by atoms with Crippen LogP contribution in [-0.4, -0.2) is 55.1 Å². The zero-order valence-corrected chi connectivity index (χ0v) is 31.1. The average molecular weight is 749 g/mol. The molecule has 10 nitrogen and oxygen atoms in total. The molecule has 1 aromatic heterocycles. The van der Waals surface area contributed by atoms with E-state index in [1.807, 2.05) is 109 Å². The molecule has 2 fully saturated rings. The Morgan fingerprint density at radius 3 is 1.95 bits per heavy atom. The number of oxazole rings is 1. The molecule has 282 valence electrons. The molecule has 3 aliphatic heterocycles. The van der Waals surface area contributed by atoms with Crippen LogP contribution in [0, 0.1) is 0 Å². The lowest BCUT2D eigenvalue weighted by molar-refractivity contribution is 0.134. The third-order valence-corrected chi connectivity index (χ3v) is 9.72. The Morgan fingerprint density at radius 1 is 0.786 bits per heavy atom. The van der Waals surface area contributed by atoms with Crippen LogP contribution in [0.15, 0.2) is 142 Å². The zero-order chi connectivity index (χ0) is 38.1. The molecular weight excluding hydrogens is 709 g/mol. The van der Waals surface area contributed by atoms with Gasteiger partial charge in [-0.15, -0.1) is 0 Å². The fourth-order valence-corrected chi connectivity index (χ4v) is 6.24. The molecule has 56 heavy (non-hydrogen) atoms. The SMILES string of the molecule is C=c1nc(-c2ccc(Oc3cccc(OCC4CO4)c3)cc2)o/c1=C/C=C(\C)C1=CCC2(C)OC(c3ccc(Oc4cccc(OCC5CO5)c4)cc3)=NC2=C1. The van der Waals surface area contributed by atoms with Crippen LogP contribution in [0.1, 0.15) is 25.8 Å². The van der Waals surface area contributed by atoms with E-state index in [1.165, 1.54) is 0 Å². The maximum atomic E-state index is 6.44. The van der Waals surface area contributed by atoms with Crippen LogP contribution >= 0.6 is 0 Å². The quantitative estimate of drug-likeness (QED) is 0.104. The van der Waals surface area contributed by atoms with Crippen LogP contribution in [0.4, 0.5) is 0 Å². The van der Waals surface area contributed by atoms with Gasteiger partial charge in [-0.2, -0.15) is 0 Å². The largest absolute Gasteiger partial charge is 0.491 e. The fraction of sp³-hybridized carbons (Fsp3) is 0.217. The molecule has 3 atom stereocenters. The second-order valence-electron chi connectivity index (χ2n) is 14.2. The van der Waals surface area contributed by atoms with Crippen molar-refractivity contribution in [3.63, 3.8) is 0 Å². The molecule has 10 heteroatoms. The van der Waals surface area contributed by atoms with E-state index in [2.05, 4.69) is 37.6 Å². The Bertz CT molecular complexity index is 2490. The highest BCUT2D eigenvalue weighted by molar-refractivity contribution is 5.97. The van der Waals surface area contributed by atoms with Crippen LogP contribution in [0.25, 0.3) is 24.1 Å². The molecule has 0 bridgehead atoms. The number of epoxide rings is 2. The summed E-state index contributed by atoms with van der Waals surface area (Å²) in [4.78, 5) is 9.51. The van der Waals surface area contributed by atoms with E-state index >= 15 is 0 Å². The summed E-state index contributed by atoms with van der Waals surface area (Å²) in [7, 11) is 0. The van der Waals surface area contributed by atoms with Gasteiger partial charge in [0.05, 0.1) is 18.9 Å². The standard InChI is InChI=1S/C46H40N2O8/c1-29(10-19-42-30(2)47-44(55-42)31-11-15-34(16-12-31)53-38-8-4-6-36(23-38)49-25-40-27-51-40)33-20-21-46(3)43(22-33)48-45(56-46)32-13-17-35(18-14-32)54-39-9-5-7-37(24-39)50-26-41-28-52-41/h4-20,22-24,40-41H,2,21,25-28H2,1,3H3/b29-10+,42-19+. The van der Waals surface area contributed by atoms with Crippen LogP contribution < -0.4 is 29.7 Å². The second kappa shape index (κ2) is 15.1. The number of rotatable bonds is 14. The second-order valence-corrected chi connectivity index (χ2v) is 14.2. The van der Waals surface area contributed by atoms with E-state index in [-0.39, 0.29) is 12.2 Å². The first-order valence-corrected chi connectivity index (χ1v) is 18.6. The molecule has 0 amide bonds. The molecule has 4 aromatic carbocycles. The van der Waals surface area contributed by atoms with Crippen LogP contribution in [0.2, 0.25) is 0 Å². The average Bonchev–Trinajstić information content (AvgIpc) is 4.15. The van der Waals surface area contributed by atoms with Crippen molar-refractivity contribution in [3.8, 4) is 46.0 Å². The summed E-state index contributed by atoms with van der Waals surface area (Å²) >= 11 is 0. The van der Waals surface area contributed by atoms with Gasteiger partial charge >= 0.3 is 0 Å². The highest BCUT2D eigenvalue weighted by Gasteiger charge is 2.40. The number of ether oxygens (including phenoxy) is 7. The predicted molar refractivity (Wildman–Crippen MR) is 212 cm³/mol. The molecule has 0 N–H and O–H groups in total. The molecule has 2 saturated heterocycles. The van der Waals surface area contributed by atoms with Crippen LogP contribution in [0.5, 0.6) is 34.5 Å². The van der Waals surface area contributed by atoms with E-state index in [9.17, 15) is 0 Å². The molecule has 0 saturated carbocycles. The smallest absolute Gasteiger partial charge is 0.227 e. The Balaban J connectivity index is 0.838. The highest BCUT2D eigenvalue weighted by Crippen LogP contribution is 2.40. The summed E-state index contributed by atoms with van der Waals surface area (Å²) in [6, 6.07) is 30.5. The lowest BCUT2D eigenvalue weighted by Gasteiger charge is -2.27. The monoisotopic (exact) mass is 748 g/mol. The van der Waals surface area contributed by atoms with Crippen molar-refractivity contribution in [2.24, 2.45) is 4.99 Å². The van der Waals surface area contributed by atoms with Crippen molar-refractivity contribution in [1.29, 1.82) is 0 Å². The van der Waals surface area contributed by atoms with Crippen molar-refractivity contribution in [2.45, 2.75) is 38.1 Å². The van der Waals surface area contributed by atoms with Gasteiger partial charge in [-0.3, -0.25) is 0 Å². The van der Waals surface area contributed by atoms with Gasteiger partial charge in [-0.1, -0.05) is 30.9 Å². The molecule has 0 spiro atoms. The normalized spacial score (nSPS) is 21.3. The molecule has 3 unspecified atom stereocenters. The Morgan fingerprint density at radius 2 is 1.36 bits per heavy atom. The van der Waals surface area contributed by atoms with Crippen molar-refractivity contribution in [1.82, 2.24) is 4.98 Å². The number of fused-ring (bicyclic) bond motifs is 1. The Kier molecular flexibility index (Phi) is 9.50. The van der Waals surface area contributed by atoms with Gasteiger partial charge in [0.1, 0.15) is 65.3 Å². The molecule has 1 aliphatic carbocycles. The number of aliphatic imine (C=N–C) groups is 1. The summed E-state index contributed by atoms with van der Waals surface area (Å²) in [5, 5.41) is 0.554. The number of aromatic nitrogens is 1. The minimum Gasteiger partial charge on any atom is -0.491 e. The summed E-state index contributed by atoms with van der Waals surface area (Å²) in [5.41, 5.74) is 4.72. The number of benzene rings is 4. The van der Waals surface area contributed by atoms with Crippen LogP contribution in [-0.2, 0) is 14.2 Å². The number of hydrogen-bond acceptors (Lipinski definition) is 10. The Labute approximate surface area is 324 Å². The molecule has 0 radical (unpaired) electrons. The van der Waals surface area contributed by atoms with E-state index in [0.717, 1.165) is 52.7 Å². The van der Waals surface area contributed by atoms with E-state index < -0.39 is 5.60 Å². The first-order valence-electron chi connectivity index (χ1n) is 18.6. The van der Waals surface area contributed by atoms with Crippen molar-refractivity contribution >= 4 is 18.6 Å². The van der Waals surface area contributed by atoms with E-state index in [4.69, 9.17) is 42.6 Å². The van der Waals surface area contributed by atoms with Gasteiger partial charge in [-0.05, 0) is 110 Å². The summed E-state index contributed by atoms with van der Waals surface area (Å²) in [5.74, 6) is 5.32. The molecular formula is C46H40N2O8. The number of allylic oxidation sites excluding steroid dienone is 4. The third kappa shape index (κ3) is 8.31. The van der Waals surface area contributed by atoms with Gasteiger partial charge in [0, 0.05) is 29.7 Å². The predicted octanol–water partition coefficient (Wildman–Crippen LogP) is 8.07. The first kappa shape index (κ1) is 35.3. The minimum atomic E-state index is -0.547. The van der Waals surface area contributed by atoms with Crippen molar-refractivity contribution < 1.29 is 37.6 Å². The molecule has 4 heterocycles. The Hall–Kier alpha value is -6.36. The summed E-state index contributed by atoms with van der Waals surface area (Å²) < 4.78 is 46.7. The van der Waals surface area contributed by atoms with Crippen molar-refractivity contribution in [3.05, 3.63) is 148 Å². The fourth-order valence-electron chi connectivity index (χ4n) is 6.24. The van der Waals surface area contributed by atoms with Gasteiger partial charge < -0.3 is 37.6 Å². The van der Waals surface area contributed by atoms with Gasteiger partial charge in [0.25, 0.3) is 0 Å². The van der Waals surface area contributed by atoms with Gasteiger partial charge in [0.2, 0.25) is 11.8 Å². The number of hydrogen-bond donors (Lipinski definition) is 0. The highest BCUT2D eigenvalue weighted by atomic mass is 16.6. The zero-order valence-electron chi connectivity index (χ0n) is 31.1. The topological polar surface area (TPSA) is 110 Å². The maximum absolute atomic E-state index is 6.44. The maximum Gasteiger partial charge on any atom is 0.227 e. The van der Waals surface area contributed by atoms with Gasteiger partial charge in [0.15, 0.2) is 11.0 Å². The number of nitrogens with zero attached hydrogens (tertiary/aromatic N) is 2. The third-order valence-electron chi connectivity index (χ3n) is 9.72. The van der Waals surface area contributed by atoms with E-state index in [0.29, 0.717) is 65.2 Å². The lowest BCUT2D eigenvalue weighted by atomic mass is 9.88. The van der Waals surface area contributed by atoms with Gasteiger partial charge in [-0.25, -0.2) is 9.98 Å². The van der Waals surface area contributed by atoms with Crippen LogP contribution in [0.3, 0.4) is 0 Å². The summed E-state index contributed by atoms with van der Waals surface area (Å²) in [6.07, 6.45) is 9.25. The van der Waals surface area contributed by atoms with Crippen molar-refractivity contribution in [2.75, 3.05) is 26.4 Å². The summed E-state index contributed by atoms with van der Waals surface area (Å²) in [6.45, 7) is 10.8. The lowest BCUT2D eigenvalue weighted by Crippen LogP contribution is -2.29. The van der Waals surface area contributed by atoms with E-state index in [1.54, 1.807) is 0 Å². The molecule has 4 aliphatic rings. The molecule has 9 rings (SSSR count). The molecule has 5 aromatic rings.